The highest BCUT2D eigenvalue weighted by molar-refractivity contribution is 5.55. The maximum Gasteiger partial charge on any atom is 0.274 e. The van der Waals surface area contributed by atoms with Gasteiger partial charge in [0.15, 0.2) is 6.23 Å². The lowest BCUT2D eigenvalue weighted by Crippen LogP contribution is -2.40. The standard InChI is InChI=1S/C13H18N2O7/c1-6-2-3-7(4-8(6)15(20)21)14-13-11(19)10(18)12(22-13)9(17)5-16/h2-4,9-14,16-19H,5H2,1H3/t9?,10-,11-,12-,13+/m0/s1. The maximum absolute atomic E-state index is 10.9. The van der Waals surface area contributed by atoms with Crippen molar-refractivity contribution >= 4 is 11.4 Å². The van der Waals surface area contributed by atoms with Crippen LogP contribution in [0.15, 0.2) is 18.2 Å². The Morgan fingerprint density at radius 3 is 2.68 bits per heavy atom. The van der Waals surface area contributed by atoms with Crippen LogP contribution in [0, 0.1) is 17.0 Å². The number of hydrogen-bond donors (Lipinski definition) is 5. The SMILES string of the molecule is Cc1ccc(N[C@@H]2O[C@@H](C(O)CO)[C@@H](O)[C@@H]2O)cc1[N+](=O)[O-]. The summed E-state index contributed by atoms with van der Waals surface area (Å²) in [7, 11) is 0. The monoisotopic (exact) mass is 314 g/mol. The summed E-state index contributed by atoms with van der Waals surface area (Å²) in [5, 5.41) is 51.7. The highest BCUT2D eigenvalue weighted by Gasteiger charge is 2.45. The summed E-state index contributed by atoms with van der Waals surface area (Å²) in [6.45, 7) is 0.970. The van der Waals surface area contributed by atoms with Gasteiger partial charge in [0.1, 0.15) is 24.4 Å². The van der Waals surface area contributed by atoms with E-state index in [2.05, 4.69) is 5.32 Å². The summed E-state index contributed by atoms with van der Waals surface area (Å²) in [5.74, 6) is 0. The van der Waals surface area contributed by atoms with E-state index in [1.54, 1.807) is 13.0 Å². The molecule has 0 radical (unpaired) electrons. The number of nitrogens with zero attached hydrogens (tertiary/aromatic N) is 1. The van der Waals surface area contributed by atoms with E-state index in [4.69, 9.17) is 9.84 Å². The van der Waals surface area contributed by atoms with E-state index in [1.807, 2.05) is 0 Å². The van der Waals surface area contributed by atoms with Crippen LogP contribution in [0.1, 0.15) is 5.56 Å². The molecule has 1 aliphatic rings. The zero-order chi connectivity index (χ0) is 16.4. The van der Waals surface area contributed by atoms with Gasteiger partial charge < -0.3 is 30.5 Å². The third-order valence-electron chi connectivity index (χ3n) is 3.58. The van der Waals surface area contributed by atoms with E-state index >= 15 is 0 Å². The number of benzene rings is 1. The molecule has 0 bridgehead atoms. The number of anilines is 1. The summed E-state index contributed by atoms with van der Waals surface area (Å²) in [6.07, 6.45) is -6.31. The molecule has 0 aromatic heterocycles. The van der Waals surface area contributed by atoms with E-state index in [0.717, 1.165) is 0 Å². The van der Waals surface area contributed by atoms with E-state index < -0.39 is 42.2 Å². The van der Waals surface area contributed by atoms with Crippen molar-refractivity contribution in [2.75, 3.05) is 11.9 Å². The Morgan fingerprint density at radius 1 is 1.41 bits per heavy atom. The van der Waals surface area contributed by atoms with Gasteiger partial charge in [-0.25, -0.2) is 0 Å². The Balaban J connectivity index is 2.14. The molecule has 9 nitrogen and oxygen atoms in total. The topological polar surface area (TPSA) is 145 Å². The maximum atomic E-state index is 10.9. The molecule has 5 N–H and O–H groups in total. The van der Waals surface area contributed by atoms with Crippen molar-refractivity contribution in [1.29, 1.82) is 0 Å². The first kappa shape index (κ1) is 16.6. The van der Waals surface area contributed by atoms with Crippen LogP contribution in [0.2, 0.25) is 0 Å². The Kier molecular flexibility index (Phi) is 4.94. The third kappa shape index (κ3) is 3.18. The zero-order valence-electron chi connectivity index (χ0n) is 11.8. The van der Waals surface area contributed by atoms with Crippen LogP contribution in [-0.4, -0.2) is 62.6 Å². The average molecular weight is 314 g/mol. The van der Waals surface area contributed by atoms with Crippen molar-refractivity contribution in [3.63, 3.8) is 0 Å². The Hall–Kier alpha value is -1.78. The fourth-order valence-electron chi connectivity index (χ4n) is 2.31. The van der Waals surface area contributed by atoms with Gasteiger partial charge in [-0.2, -0.15) is 0 Å². The molecule has 1 fully saturated rings. The van der Waals surface area contributed by atoms with Crippen molar-refractivity contribution in [3.8, 4) is 0 Å². The molecule has 1 aromatic rings. The van der Waals surface area contributed by atoms with Gasteiger partial charge in [-0.3, -0.25) is 10.1 Å². The molecule has 1 aromatic carbocycles. The van der Waals surface area contributed by atoms with E-state index in [1.165, 1.54) is 12.1 Å². The summed E-state index contributed by atoms with van der Waals surface area (Å²) < 4.78 is 5.28. The minimum absolute atomic E-state index is 0.0926. The lowest BCUT2D eigenvalue weighted by molar-refractivity contribution is -0.385. The third-order valence-corrected chi connectivity index (χ3v) is 3.58. The molecular formula is C13H18N2O7. The van der Waals surface area contributed by atoms with Gasteiger partial charge in [-0.05, 0) is 13.0 Å². The lowest BCUT2D eigenvalue weighted by Gasteiger charge is -2.19. The number of aliphatic hydroxyl groups excluding tert-OH is 4. The summed E-state index contributed by atoms with van der Waals surface area (Å²) in [6, 6.07) is 4.40. The number of nitro benzene ring substituents is 1. The second-order valence-electron chi connectivity index (χ2n) is 5.16. The molecule has 9 heteroatoms. The van der Waals surface area contributed by atoms with Crippen molar-refractivity contribution in [1.82, 2.24) is 0 Å². The van der Waals surface area contributed by atoms with Crippen LogP contribution >= 0.6 is 0 Å². The predicted octanol–water partition coefficient (Wildman–Crippen LogP) is -0.885. The molecule has 122 valence electrons. The fourth-order valence-corrected chi connectivity index (χ4v) is 2.31. The molecular weight excluding hydrogens is 296 g/mol. The van der Waals surface area contributed by atoms with Gasteiger partial charge in [-0.1, -0.05) is 6.07 Å². The summed E-state index contributed by atoms with van der Waals surface area (Å²) in [5.41, 5.74) is 0.717. The first-order valence-corrected chi connectivity index (χ1v) is 6.67. The zero-order valence-corrected chi connectivity index (χ0v) is 11.8. The normalized spacial score (nSPS) is 29.3. The van der Waals surface area contributed by atoms with E-state index in [0.29, 0.717) is 11.3 Å². The molecule has 0 saturated carbocycles. The number of rotatable bonds is 5. The first-order chi connectivity index (χ1) is 10.3. The van der Waals surface area contributed by atoms with Crippen LogP contribution < -0.4 is 5.32 Å². The van der Waals surface area contributed by atoms with Gasteiger partial charge >= 0.3 is 0 Å². The summed E-state index contributed by atoms with van der Waals surface area (Å²) in [4.78, 5) is 10.4. The molecule has 2 rings (SSSR count). The van der Waals surface area contributed by atoms with Crippen LogP contribution in [0.5, 0.6) is 0 Å². The lowest BCUT2D eigenvalue weighted by atomic mass is 10.1. The molecule has 1 heterocycles. The van der Waals surface area contributed by atoms with Gasteiger partial charge in [0.25, 0.3) is 5.69 Å². The fraction of sp³-hybridized carbons (Fsp3) is 0.538. The van der Waals surface area contributed by atoms with Crippen molar-refractivity contribution in [3.05, 3.63) is 33.9 Å². The molecule has 1 saturated heterocycles. The molecule has 5 atom stereocenters. The van der Waals surface area contributed by atoms with E-state index in [-0.39, 0.29) is 5.69 Å². The molecule has 1 aliphatic heterocycles. The number of hydrogen-bond acceptors (Lipinski definition) is 8. The molecule has 0 aliphatic carbocycles. The summed E-state index contributed by atoms with van der Waals surface area (Å²) >= 11 is 0. The first-order valence-electron chi connectivity index (χ1n) is 6.67. The number of aliphatic hydroxyl groups is 4. The van der Waals surface area contributed by atoms with Gasteiger partial charge in [-0.15, -0.1) is 0 Å². The van der Waals surface area contributed by atoms with Crippen LogP contribution in [0.25, 0.3) is 0 Å². The highest BCUT2D eigenvalue weighted by Crippen LogP contribution is 2.28. The molecule has 0 amide bonds. The largest absolute Gasteiger partial charge is 0.394 e. The molecule has 1 unspecified atom stereocenters. The molecule has 0 spiro atoms. The predicted molar refractivity (Wildman–Crippen MR) is 75.2 cm³/mol. The smallest absolute Gasteiger partial charge is 0.274 e. The quantitative estimate of drug-likeness (QED) is 0.348. The van der Waals surface area contributed by atoms with E-state index in [9.17, 15) is 25.4 Å². The number of nitrogens with one attached hydrogen (secondary N) is 1. The van der Waals surface area contributed by atoms with Crippen LogP contribution in [-0.2, 0) is 4.74 Å². The number of ether oxygens (including phenoxy) is 1. The Morgan fingerprint density at radius 2 is 2.09 bits per heavy atom. The number of aryl methyl sites for hydroxylation is 1. The Labute approximate surface area is 125 Å². The van der Waals surface area contributed by atoms with Crippen molar-refractivity contribution < 1.29 is 30.1 Å². The van der Waals surface area contributed by atoms with Gasteiger partial charge in [0.05, 0.1) is 11.5 Å². The van der Waals surface area contributed by atoms with Crippen molar-refractivity contribution in [2.24, 2.45) is 0 Å². The second kappa shape index (κ2) is 6.55. The van der Waals surface area contributed by atoms with Gasteiger partial charge in [0.2, 0.25) is 0 Å². The highest BCUT2D eigenvalue weighted by atomic mass is 16.6. The van der Waals surface area contributed by atoms with Crippen molar-refractivity contribution in [2.45, 2.75) is 37.6 Å². The van der Waals surface area contributed by atoms with Crippen LogP contribution in [0.3, 0.4) is 0 Å². The second-order valence-corrected chi connectivity index (χ2v) is 5.16. The Bertz CT molecular complexity index is 553. The van der Waals surface area contributed by atoms with Crippen LogP contribution in [0.4, 0.5) is 11.4 Å². The van der Waals surface area contributed by atoms with Gasteiger partial charge in [0, 0.05) is 17.3 Å². The minimum atomic E-state index is -1.39. The minimum Gasteiger partial charge on any atom is -0.394 e. The number of nitro groups is 1. The molecule has 22 heavy (non-hydrogen) atoms. The average Bonchev–Trinajstić information content (AvgIpc) is 2.76.